The fourth-order valence-electron chi connectivity index (χ4n) is 1.84. The van der Waals surface area contributed by atoms with Crippen LogP contribution >= 0.6 is 0 Å². The highest BCUT2D eigenvalue weighted by Gasteiger charge is 2.19. The molecule has 20 heavy (non-hydrogen) atoms. The molecule has 0 fully saturated rings. The smallest absolute Gasteiger partial charge is 0.129 e. The first-order valence-corrected chi connectivity index (χ1v) is 6.89. The Morgan fingerprint density at radius 3 is 2.60 bits per heavy atom. The monoisotopic (exact) mass is 287 g/mol. The molecule has 2 N–H and O–H groups in total. The number of hydrogen-bond acceptors (Lipinski definition) is 3. The van der Waals surface area contributed by atoms with Gasteiger partial charge in [-0.2, -0.15) is 0 Å². The summed E-state index contributed by atoms with van der Waals surface area (Å²) in [5.41, 5.74) is -0.0246. The molecule has 3 nitrogen and oxygen atoms in total. The maximum atomic E-state index is 13.5. The fourth-order valence-corrected chi connectivity index (χ4v) is 1.84. The highest BCUT2D eigenvalue weighted by molar-refractivity contribution is 5.22. The number of halogens is 2. The molecule has 0 aromatic heterocycles. The number of benzene rings is 1. The SMILES string of the molecule is CC(C)OCCCNC(C)C(O)c1cc(F)ccc1F. The quantitative estimate of drug-likeness (QED) is 0.722. The first-order valence-electron chi connectivity index (χ1n) is 6.89. The van der Waals surface area contributed by atoms with Gasteiger partial charge in [-0.3, -0.25) is 0 Å². The Balaban J connectivity index is 2.42. The van der Waals surface area contributed by atoms with E-state index in [1.807, 2.05) is 13.8 Å². The minimum Gasteiger partial charge on any atom is -0.387 e. The number of aliphatic hydroxyl groups excluding tert-OH is 1. The van der Waals surface area contributed by atoms with Gasteiger partial charge in [0.25, 0.3) is 0 Å². The van der Waals surface area contributed by atoms with Crippen molar-refractivity contribution in [1.82, 2.24) is 5.32 Å². The number of ether oxygens (including phenoxy) is 1. The molecule has 0 radical (unpaired) electrons. The normalized spacial score (nSPS) is 14.6. The van der Waals surface area contributed by atoms with Crippen LogP contribution in [0.25, 0.3) is 0 Å². The molecule has 1 aromatic carbocycles. The number of nitrogens with one attached hydrogen (secondary N) is 1. The van der Waals surface area contributed by atoms with Crippen LogP contribution in [0.2, 0.25) is 0 Å². The van der Waals surface area contributed by atoms with E-state index in [2.05, 4.69) is 5.32 Å². The Kier molecular flexibility index (Phi) is 7.05. The van der Waals surface area contributed by atoms with E-state index in [1.54, 1.807) is 6.92 Å². The van der Waals surface area contributed by atoms with Crippen molar-refractivity contribution in [2.75, 3.05) is 13.2 Å². The van der Waals surface area contributed by atoms with Crippen LogP contribution in [0.3, 0.4) is 0 Å². The van der Waals surface area contributed by atoms with Crippen molar-refractivity contribution in [1.29, 1.82) is 0 Å². The molecule has 0 bridgehead atoms. The minimum atomic E-state index is -1.09. The van der Waals surface area contributed by atoms with Crippen molar-refractivity contribution < 1.29 is 18.6 Å². The van der Waals surface area contributed by atoms with Gasteiger partial charge in [0.2, 0.25) is 0 Å². The highest BCUT2D eigenvalue weighted by Crippen LogP contribution is 2.21. The molecule has 0 aliphatic carbocycles. The van der Waals surface area contributed by atoms with Crippen molar-refractivity contribution in [3.05, 3.63) is 35.4 Å². The Labute approximate surface area is 119 Å². The molecule has 0 heterocycles. The Hall–Kier alpha value is -1.04. The summed E-state index contributed by atoms with van der Waals surface area (Å²) in [6.07, 6.45) is -0.0999. The number of rotatable bonds is 8. The maximum absolute atomic E-state index is 13.5. The molecule has 1 aromatic rings. The average Bonchev–Trinajstić information content (AvgIpc) is 2.39. The van der Waals surface area contributed by atoms with Crippen molar-refractivity contribution in [3.8, 4) is 0 Å². The van der Waals surface area contributed by atoms with Gasteiger partial charge in [-0.15, -0.1) is 0 Å². The molecular weight excluding hydrogens is 264 g/mol. The standard InChI is InChI=1S/C15H23F2NO2/c1-10(2)20-8-4-7-18-11(3)15(19)13-9-12(16)5-6-14(13)17/h5-6,9-11,15,18-19H,4,7-8H2,1-3H3. The number of aliphatic hydroxyl groups is 1. The Bertz CT molecular complexity index is 413. The third-order valence-electron chi connectivity index (χ3n) is 2.99. The summed E-state index contributed by atoms with van der Waals surface area (Å²) < 4.78 is 32.0. The van der Waals surface area contributed by atoms with Crippen LogP contribution in [0, 0.1) is 11.6 Å². The summed E-state index contributed by atoms with van der Waals surface area (Å²) >= 11 is 0. The molecule has 114 valence electrons. The van der Waals surface area contributed by atoms with Crippen LogP contribution in [0.5, 0.6) is 0 Å². The zero-order valence-electron chi connectivity index (χ0n) is 12.2. The summed E-state index contributed by atoms with van der Waals surface area (Å²) in [6, 6.07) is 2.72. The van der Waals surface area contributed by atoms with E-state index in [0.29, 0.717) is 13.2 Å². The lowest BCUT2D eigenvalue weighted by Gasteiger charge is -2.21. The maximum Gasteiger partial charge on any atom is 0.129 e. The second-order valence-corrected chi connectivity index (χ2v) is 5.13. The summed E-state index contributed by atoms with van der Waals surface area (Å²) in [7, 11) is 0. The van der Waals surface area contributed by atoms with Gasteiger partial charge in [-0.05, 0) is 51.9 Å². The van der Waals surface area contributed by atoms with Crippen LogP contribution in [0.4, 0.5) is 8.78 Å². The van der Waals surface area contributed by atoms with E-state index in [1.165, 1.54) is 0 Å². The summed E-state index contributed by atoms with van der Waals surface area (Å²) in [5.74, 6) is -1.16. The fraction of sp³-hybridized carbons (Fsp3) is 0.600. The lowest BCUT2D eigenvalue weighted by Crippen LogP contribution is -2.33. The van der Waals surface area contributed by atoms with Crippen LogP contribution < -0.4 is 5.32 Å². The predicted molar refractivity (Wildman–Crippen MR) is 74.5 cm³/mol. The van der Waals surface area contributed by atoms with E-state index in [-0.39, 0.29) is 17.7 Å². The summed E-state index contributed by atoms with van der Waals surface area (Å²) in [5, 5.41) is 13.1. The average molecular weight is 287 g/mol. The molecule has 0 saturated carbocycles. The third kappa shape index (κ3) is 5.53. The predicted octanol–water partition coefficient (Wildman–Crippen LogP) is 2.79. The first kappa shape index (κ1) is 17.0. The van der Waals surface area contributed by atoms with Crippen LogP contribution in [-0.2, 0) is 4.74 Å². The molecule has 0 saturated heterocycles. The van der Waals surface area contributed by atoms with Gasteiger partial charge < -0.3 is 15.2 Å². The molecule has 1 rings (SSSR count). The van der Waals surface area contributed by atoms with Crippen molar-refractivity contribution in [2.24, 2.45) is 0 Å². The van der Waals surface area contributed by atoms with E-state index in [4.69, 9.17) is 4.74 Å². The molecule has 0 aliphatic rings. The number of hydrogen-bond donors (Lipinski definition) is 2. The lowest BCUT2D eigenvalue weighted by atomic mass is 10.0. The first-order chi connectivity index (χ1) is 9.41. The van der Waals surface area contributed by atoms with E-state index >= 15 is 0 Å². The van der Waals surface area contributed by atoms with Gasteiger partial charge in [0.1, 0.15) is 11.6 Å². The molecule has 0 aliphatic heterocycles. The Morgan fingerprint density at radius 2 is 1.95 bits per heavy atom. The van der Waals surface area contributed by atoms with Gasteiger partial charge in [-0.25, -0.2) is 8.78 Å². The van der Waals surface area contributed by atoms with Crippen LogP contribution in [-0.4, -0.2) is 30.4 Å². The minimum absolute atomic E-state index is 0.0246. The van der Waals surface area contributed by atoms with Crippen molar-refractivity contribution >= 4 is 0 Å². The summed E-state index contributed by atoms with van der Waals surface area (Å²) in [4.78, 5) is 0. The van der Waals surface area contributed by atoms with Gasteiger partial charge in [-0.1, -0.05) is 0 Å². The van der Waals surface area contributed by atoms with E-state index < -0.39 is 17.7 Å². The zero-order chi connectivity index (χ0) is 15.1. The van der Waals surface area contributed by atoms with E-state index in [0.717, 1.165) is 24.6 Å². The molecular formula is C15H23F2NO2. The zero-order valence-corrected chi connectivity index (χ0v) is 12.2. The third-order valence-corrected chi connectivity index (χ3v) is 2.99. The lowest BCUT2D eigenvalue weighted by molar-refractivity contribution is 0.0745. The molecule has 5 heteroatoms. The van der Waals surface area contributed by atoms with E-state index in [9.17, 15) is 13.9 Å². The van der Waals surface area contributed by atoms with Crippen molar-refractivity contribution in [2.45, 2.75) is 45.4 Å². The second-order valence-electron chi connectivity index (χ2n) is 5.13. The largest absolute Gasteiger partial charge is 0.387 e. The highest BCUT2D eigenvalue weighted by atomic mass is 19.1. The topological polar surface area (TPSA) is 41.5 Å². The summed E-state index contributed by atoms with van der Waals surface area (Å²) in [6.45, 7) is 6.93. The van der Waals surface area contributed by atoms with Gasteiger partial charge in [0.05, 0.1) is 12.2 Å². The molecule has 2 atom stereocenters. The van der Waals surface area contributed by atoms with Crippen molar-refractivity contribution in [3.63, 3.8) is 0 Å². The molecule has 2 unspecified atom stereocenters. The van der Waals surface area contributed by atoms with Gasteiger partial charge in [0, 0.05) is 18.2 Å². The van der Waals surface area contributed by atoms with Crippen LogP contribution in [0.15, 0.2) is 18.2 Å². The molecule has 0 spiro atoms. The Morgan fingerprint density at radius 1 is 1.25 bits per heavy atom. The molecule has 0 amide bonds. The van der Waals surface area contributed by atoms with Gasteiger partial charge in [0.15, 0.2) is 0 Å². The van der Waals surface area contributed by atoms with Crippen LogP contribution in [0.1, 0.15) is 38.9 Å². The second kappa shape index (κ2) is 8.29. The van der Waals surface area contributed by atoms with Gasteiger partial charge >= 0.3 is 0 Å².